The molecule has 0 amide bonds. The van der Waals surface area contributed by atoms with Crippen molar-refractivity contribution in [1.29, 1.82) is 0 Å². The molecule has 0 bridgehead atoms. The van der Waals surface area contributed by atoms with Gasteiger partial charge in [-0.05, 0) is 74.2 Å². The van der Waals surface area contributed by atoms with Crippen LogP contribution in [-0.2, 0) is 19.2 Å². The smallest absolute Gasteiger partial charge is 0.434 e. The highest BCUT2D eigenvalue weighted by molar-refractivity contribution is 6.18. The summed E-state index contributed by atoms with van der Waals surface area (Å²) in [5, 5.41) is 0. The molecule has 0 aliphatic rings. The quantitative estimate of drug-likeness (QED) is 0.0130. The van der Waals surface area contributed by atoms with E-state index in [0.29, 0.717) is 25.7 Å². The van der Waals surface area contributed by atoms with E-state index in [2.05, 4.69) is 13.8 Å². The highest BCUT2D eigenvalue weighted by atomic mass is 17.2. The van der Waals surface area contributed by atoms with Crippen molar-refractivity contribution in [2.24, 2.45) is 0 Å². The molecule has 0 radical (unpaired) electrons. The van der Waals surface area contributed by atoms with Gasteiger partial charge in [-0.2, -0.15) is 0 Å². The third-order valence-electron chi connectivity index (χ3n) is 10.9. The number of unbranched alkanes of at least 4 members (excludes halogenated alkanes) is 10. The minimum atomic E-state index is -1.27. The molecule has 0 fully saturated rings. The number of carbonyl (C=O) groups is 8. The second-order valence-electron chi connectivity index (χ2n) is 16.2. The van der Waals surface area contributed by atoms with E-state index in [4.69, 9.17) is 28.7 Å². The number of hydrogen-bond acceptors (Lipinski definition) is 14. The van der Waals surface area contributed by atoms with Gasteiger partial charge in [0, 0.05) is 35.1 Å². The Morgan fingerprint density at radius 1 is 0.382 bits per heavy atom. The van der Waals surface area contributed by atoms with E-state index >= 15 is 0 Å². The summed E-state index contributed by atoms with van der Waals surface area (Å²) in [6.07, 6.45) is 10.2. The fraction of sp³-hybridized carbons (Fsp3) is 0.407. The van der Waals surface area contributed by atoms with Gasteiger partial charge in [0.1, 0.15) is 11.5 Å². The van der Waals surface area contributed by atoms with E-state index in [-0.39, 0.29) is 93.6 Å². The van der Waals surface area contributed by atoms with E-state index in [9.17, 15) is 38.4 Å². The van der Waals surface area contributed by atoms with Crippen LogP contribution in [0.2, 0.25) is 0 Å². The molecule has 362 valence electrons. The minimum Gasteiger partial charge on any atom is -0.434 e. The molecule has 0 atom stereocenters. The summed E-state index contributed by atoms with van der Waals surface area (Å²) in [5.74, 6) is -5.08. The van der Waals surface area contributed by atoms with Gasteiger partial charge in [0.05, 0.1) is 35.5 Å². The lowest BCUT2D eigenvalue weighted by molar-refractivity contribution is -0.187. The largest absolute Gasteiger partial charge is 0.513 e. The van der Waals surface area contributed by atoms with Gasteiger partial charge < -0.3 is 18.9 Å². The summed E-state index contributed by atoms with van der Waals surface area (Å²) in [5.41, 5.74) is -1.22. The first-order valence-electron chi connectivity index (χ1n) is 23.7. The Labute approximate surface area is 397 Å². The zero-order valence-corrected chi connectivity index (χ0v) is 39.5. The molecule has 0 unspecified atom stereocenters. The van der Waals surface area contributed by atoms with Gasteiger partial charge in [0.2, 0.25) is 0 Å². The Morgan fingerprint density at radius 2 is 0.735 bits per heavy atom. The molecule has 4 rings (SSSR count). The number of ether oxygens (including phenoxy) is 4. The van der Waals surface area contributed by atoms with Gasteiger partial charge >= 0.3 is 24.2 Å². The maximum atomic E-state index is 14.3. The van der Waals surface area contributed by atoms with E-state index < -0.39 is 35.8 Å². The van der Waals surface area contributed by atoms with Crippen LogP contribution in [0.15, 0.2) is 84.9 Å². The molecular formula is C54H62O14. The topological polar surface area (TPSA) is 192 Å². The van der Waals surface area contributed by atoms with Gasteiger partial charge in [-0.15, -0.1) is 0 Å². The van der Waals surface area contributed by atoms with Crippen molar-refractivity contribution in [3.05, 3.63) is 129 Å². The van der Waals surface area contributed by atoms with Crippen molar-refractivity contribution in [3.8, 4) is 11.5 Å². The molecule has 0 spiro atoms. The predicted molar refractivity (Wildman–Crippen MR) is 253 cm³/mol. The Morgan fingerprint density at radius 3 is 1.10 bits per heavy atom. The SMILES string of the molecule is CCCCCCCC(=O)c1ccc(OC(=O)OCCCC)c(C(=O)c2ccccc2C(=O)OOC(=O)c2ccccc2C(=O)c2cc(C(=O)CCCCCCC)ccc2OC(=O)OCCCC)c1. The summed E-state index contributed by atoms with van der Waals surface area (Å²) in [7, 11) is 0. The first-order chi connectivity index (χ1) is 32.9. The first kappa shape index (κ1) is 53.7. The van der Waals surface area contributed by atoms with Crippen LogP contribution < -0.4 is 9.47 Å². The third kappa shape index (κ3) is 16.4. The number of rotatable bonds is 28. The fourth-order valence-electron chi connectivity index (χ4n) is 7.02. The summed E-state index contributed by atoms with van der Waals surface area (Å²) >= 11 is 0. The summed E-state index contributed by atoms with van der Waals surface area (Å²) in [6, 6.07) is 19.1. The van der Waals surface area contributed by atoms with Crippen molar-refractivity contribution in [2.45, 2.75) is 130 Å². The molecule has 0 aliphatic carbocycles. The fourth-order valence-corrected chi connectivity index (χ4v) is 7.02. The van der Waals surface area contributed by atoms with Gasteiger partial charge in [0.25, 0.3) is 0 Å². The van der Waals surface area contributed by atoms with Crippen LogP contribution in [0.25, 0.3) is 0 Å². The molecular weight excluding hydrogens is 873 g/mol. The number of carbonyl (C=O) groups excluding carboxylic acids is 8. The third-order valence-corrected chi connectivity index (χ3v) is 10.9. The van der Waals surface area contributed by atoms with E-state index in [0.717, 1.165) is 64.2 Å². The van der Waals surface area contributed by atoms with Crippen LogP contribution in [0.1, 0.15) is 204 Å². The molecule has 0 N–H and O–H groups in total. The molecule has 0 heterocycles. The maximum Gasteiger partial charge on any atom is 0.513 e. The van der Waals surface area contributed by atoms with E-state index in [1.165, 1.54) is 84.9 Å². The van der Waals surface area contributed by atoms with Crippen LogP contribution in [0.4, 0.5) is 9.59 Å². The molecule has 68 heavy (non-hydrogen) atoms. The second-order valence-corrected chi connectivity index (χ2v) is 16.2. The molecule has 0 saturated heterocycles. The lowest BCUT2D eigenvalue weighted by Crippen LogP contribution is -2.19. The summed E-state index contributed by atoms with van der Waals surface area (Å²) in [4.78, 5) is 118. The first-order valence-corrected chi connectivity index (χ1v) is 23.7. The molecule has 0 aliphatic heterocycles. The van der Waals surface area contributed by atoms with Crippen molar-refractivity contribution < 1.29 is 67.1 Å². The van der Waals surface area contributed by atoms with Crippen LogP contribution >= 0.6 is 0 Å². The molecule has 14 heteroatoms. The Bertz CT molecular complexity index is 2220. The normalized spacial score (nSPS) is 10.7. The molecule has 14 nitrogen and oxygen atoms in total. The highest BCUT2D eigenvalue weighted by Crippen LogP contribution is 2.29. The zero-order valence-electron chi connectivity index (χ0n) is 39.5. The van der Waals surface area contributed by atoms with Gasteiger partial charge in [-0.1, -0.05) is 128 Å². The van der Waals surface area contributed by atoms with Gasteiger partial charge in [-0.3, -0.25) is 19.2 Å². The molecule has 0 saturated carbocycles. The lowest BCUT2D eigenvalue weighted by atomic mass is 9.94. The molecule has 0 aromatic heterocycles. The Balaban J connectivity index is 1.60. The molecule has 4 aromatic carbocycles. The Kier molecular flexibility index (Phi) is 22.8. The van der Waals surface area contributed by atoms with Crippen LogP contribution in [-0.4, -0.2) is 60.6 Å². The van der Waals surface area contributed by atoms with Crippen molar-refractivity contribution >= 4 is 47.4 Å². The van der Waals surface area contributed by atoms with Crippen LogP contribution in [0.5, 0.6) is 11.5 Å². The number of hydrogen-bond donors (Lipinski definition) is 0. The zero-order chi connectivity index (χ0) is 49.3. The highest BCUT2D eigenvalue weighted by Gasteiger charge is 2.28. The van der Waals surface area contributed by atoms with Crippen LogP contribution in [0.3, 0.4) is 0 Å². The lowest BCUT2D eigenvalue weighted by Gasteiger charge is -2.14. The van der Waals surface area contributed by atoms with E-state index in [1.807, 2.05) is 13.8 Å². The maximum absolute atomic E-state index is 14.3. The van der Waals surface area contributed by atoms with Crippen molar-refractivity contribution in [1.82, 2.24) is 0 Å². The van der Waals surface area contributed by atoms with Crippen molar-refractivity contribution in [3.63, 3.8) is 0 Å². The van der Waals surface area contributed by atoms with Gasteiger partial charge in [-0.25, -0.2) is 29.0 Å². The number of ketones is 4. The van der Waals surface area contributed by atoms with E-state index in [1.54, 1.807) is 0 Å². The minimum absolute atomic E-state index is 0.0812. The monoisotopic (exact) mass is 934 g/mol. The number of Topliss-reactive ketones (excluding diaryl/α,β-unsaturated/α-hetero) is 2. The summed E-state index contributed by atoms with van der Waals surface area (Å²) in [6.45, 7) is 8.18. The summed E-state index contributed by atoms with van der Waals surface area (Å²) < 4.78 is 21.1. The average Bonchev–Trinajstić information content (AvgIpc) is 3.35. The predicted octanol–water partition coefficient (Wildman–Crippen LogP) is 12.8. The van der Waals surface area contributed by atoms with Gasteiger partial charge in [0.15, 0.2) is 23.1 Å². The second kappa shape index (κ2) is 28.9. The van der Waals surface area contributed by atoms with Crippen molar-refractivity contribution in [2.75, 3.05) is 13.2 Å². The van der Waals surface area contributed by atoms with Crippen LogP contribution in [0, 0.1) is 0 Å². The average molecular weight is 935 g/mol. The molecule has 4 aromatic rings. The number of benzene rings is 4. The Hall–Kier alpha value is -6.96. The standard InChI is InChI=1S/C54H62O14/c1-5-9-13-15-17-27-45(55)37-29-31-47(65-53(61)63-33-11-7-3)43(35-37)49(57)39-23-19-21-25-41(39)51(59)67-68-52(60)42-26-22-20-24-40(42)50(58)44-36-38(46(56)28-18-16-14-10-6-2)30-32-48(44)66-54(62)64-34-12-8-4/h19-26,29-32,35-36H,5-18,27-28,33-34H2,1-4H3.